The lowest BCUT2D eigenvalue weighted by Crippen LogP contribution is -2.27. The molecule has 6 nitrogen and oxygen atoms in total. The van der Waals surface area contributed by atoms with Crippen molar-refractivity contribution in [1.29, 1.82) is 0 Å². The zero-order valence-corrected chi connectivity index (χ0v) is 13.4. The van der Waals surface area contributed by atoms with E-state index in [2.05, 4.69) is 20.5 Å². The normalized spacial score (nSPS) is 19.2. The molecule has 1 unspecified atom stereocenters. The summed E-state index contributed by atoms with van der Waals surface area (Å²) in [6.07, 6.45) is 5.07. The fourth-order valence-electron chi connectivity index (χ4n) is 2.81. The minimum absolute atomic E-state index is 0.198. The summed E-state index contributed by atoms with van der Waals surface area (Å²) in [4.78, 5) is 4.88. The van der Waals surface area contributed by atoms with E-state index in [4.69, 9.17) is 0 Å². The van der Waals surface area contributed by atoms with Gasteiger partial charge in [0.25, 0.3) is 0 Å². The molecule has 1 aromatic heterocycles. The number of rotatable bonds is 4. The Morgan fingerprint density at radius 1 is 1.27 bits per heavy atom. The Morgan fingerprint density at radius 3 is 2.82 bits per heavy atom. The summed E-state index contributed by atoms with van der Waals surface area (Å²) >= 11 is 0. The molecular formula is C15H20N4O2S. The van der Waals surface area contributed by atoms with E-state index < -0.39 is 9.84 Å². The Morgan fingerprint density at radius 2 is 2.09 bits per heavy atom. The molecule has 2 aromatic rings. The predicted molar refractivity (Wildman–Crippen MR) is 83.3 cm³/mol. The predicted octanol–water partition coefficient (Wildman–Crippen LogP) is 1.61. The fourth-order valence-corrected chi connectivity index (χ4v) is 3.75. The van der Waals surface area contributed by atoms with E-state index in [1.807, 2.05) is 12.1 Å². The average Bonchev–Trinajstić information content (AvgIpc) is 2.96. The van der Waals surface area contributed by atoms with Crippen LogP contribution < -0.4 is 5.32 Å². The Hall–Kier alpha value is -1.73. The van der Waals surface area contributed by atoms with Crippen LogP contribution in [-0.2, 0) is 16.3 Å². The largest absolute Gasteiger partial charge is 0.307 e. The second-order valence-electron chi connectivity index (χ2n) is 5.70. The van der Waals surface area contributed by atoms with Gasteiger partial charge in [-0.05, 0) is 31.0 Å². The maximum Gasteiger partial charge on any atom is 0.175 e. The van der Waals surface area contributed by atoms with Crippen LogP contribution in [0.25, 0.3) is 0 Å². The number of benzene rings is 1. The number of hydrogen-bond acceptors (Lipinski definition) is 5. The lowest BCUT2D eigenvalue weighted by Gasteiger charge is -2.20. The third-order valence-electron chi connectivity index (χ3n) is 3.90. The highest BCUT2D eigenvalue weighted by atomic mass is 32.2. The van der Waals surface area contributed by atoms with Gasteiger partial charge < -0.3 is 5.32 Å². The van der Waals surface area contributed by atoms with Crippen LogP contribution in [-0.4, -0.2) is 36.4 Å². The number of piperidine rings is 1. The monoisotopic (exact) mass is 320 g/mol. The standard InChI is InChI=1S/C15H20N4O2S/c1-22(20,21)13-8-3-2-6-11(13)10-14-17-15(19-18-14)12-7-4-5-9-16-12/h2-3,6,8,12,16H,4-5,7,9-10H2,1H3,(H,17,18,19). The van der Waals surface area contributed by atoms with Gasteiger partial charge in [-0.3, -0.25) is 5.10 Å². The van der Waals surface area contributed by atoms with Crippen molar-refractivity contribution in [3.63, 3.8) is 0 Å². The molecule has 0 amide bonds. The third kappa shape index (κ3) is 3.36. The maximum absolute atomic E-state index is 11.8. The van der Waals surface area contributed by atoms with E-state index in [0.717, 1.165) is 24.4 Å². The summed E-state index contributed by atoms with van der Waals surface area (Å²) in [6, 6.07) is 7.22. The first-order valence-electron chi connectivity index (χ1n) is 7.46. The van der Waals surface area contributed by atoms with Crippen molar-refractivity contribution in [2.45, 2.75) is 36.6 Å². The van der Waals surface area contributed by atoms with E-state index in [0.29, 0.717) is 17.1 Å². The first-order valence-corrected chi connectivity index (χ1v) is 9.36. The maximum atomic E-state index is 11.8. The molecular weight excluding hydrogens is 300 g/mol. The quantitative estimate of drug-likeness (QED) is 0.893. The van der Waals surface area contributed by atoms with Crippen molar-refractivity contribution in [1.82, 2.24) is 20.5 Å². The van der Waals surface area contributed by atoms with Gasteiger partial charge in [0, 0.05) is 12.7 Å². The van der Waals surface area contributed by atoms with E-state index >= 15 is 0 Å². The van der Waals surface area contributed by atoms with Gasteiger partial charge >= 0.3 is 0 Å². The van der Waals surface area contributed by atoms with Gasteiger partial charge in [0.05, 0.1) is 10.9 Å². The Bertz CT molecular complexity index is 748. The molecule has 0 aliphatic carbocycles. The molecule has 7 heteroatoms. The fraction of sp³-hybridized carbons (Fsp3) is 0.467. The smallest absolute Gasteiger partial charge is 0.175 e. The second-order valence-corrected chi connectivity index (χ2v) is 7.68. The Balaban J connectivity index is 1.81. The molecule has 2 N–H and O–H groups in total. The molecule has 1 fully saturated rings. The zero-order chi connectivity index (χ0) is 15.6. The Kier molecular flexibility index (Phi) is 4.26. The minimum atomic E-state index is -3.24. The van der Waals surface area contributed by atoms with Crippen molar-refractivity contribution in [2.24, 2.45) is 0 Å². The van der Waals surface area contributed by atoms with Crippen LogP contribution in [0, 0.1) is 0 Å². The third-order valence-corrected chi connectivity index (χ3v) is 5.10. The molecule has 0 spiro atoms. The Labute approximate surface area is 130 Å². The molecule has 1 aliphatic heterocycles. The number of hydrogen-bond donors (Lipinski definition) is 2. The van der Waals surface area contributed by atoms with Crippen molar-refractivity contribution >= 4 is 9.84 Å². The summed E-state index contributed by atoms with van der Waals surface area (Å²) in [5.74, 6) is 1.46. The van der Waals surface area contributed by atoms with E-state index in [1.54, 1.807) is 12.1 Å². The summed E-state index contributed by atoms with van der Waals surface area (Å²) in [5.41, 5.74) is 0.740. The number of nitrogens with zero attached hydrogens (tertiary/aromatic N) is 2. The summed E-state index contributed by atoms with van der Waals surface area (Å²) in [5, 5.41) is 10.6. The second kappa shape index (κ2) is 6.18. The van der Waals surface area contributed by atoms with Crippen molar-refractivity contribution in [3.05, 3.63) is 41.5 Å². The molecule has 22 heavy (non-hydrogen) atoms. The van der Waals surface area contributed by atoms with Gasteiger partial charge in [0.1, 0.15) is 5.82 Å². The number of aromatic nitrogens is 3. The van der Waals surface area contributed by atoms with Crippen LogP contribution in [0.4, 0.5) is 0 Å². The first kappa shape index (κ1) is 15.2. The highest BCUT2D eigenvalue weighted by Gasteiger charge is 2.20. The molecule has 1 atom stereocenters. The molecule has 1 aromatic carbocycles. The molecule has 3 rings (SSSR count). The zero-order valence-electron chi connectivity index (χ0n) is 12.5. The van der Waals surface area contributed by atoms with Gasteiger partial charge in [-0.1, -0.05) is 24.6 Å². The number of sulfone groups is 1. The SMILES string of the molecule is CS(=O)(=O)c1ccccc1Cc1nc(C2CCCCN2)n[nH]1. The highest BCUT2D eigenvalue weighted by molar-refractivity contribution is 7.90. The van der Waals surface area contributed by atoms with Crippen LogP contribution in [0.15, 0.2) is 29.2 Å². The molecule has 118 valence electrons. The highest BCUT2D eigenvalue weighted by Crippen LogP contribution is 2.21. The van der Waals surface area contributed by atoms with Crippen LogP contribution in [0.5, 0.6) is 0 Å². The van der Waals surface area contributed by atoms with Gasteiger partial charge in [-0.25, -0.2) is 13.4 Å². The lowest BCUT2D eigenvalue weighted by atomic mass is 10.0. The molecule has 0 saturated carbocycles. The van der Waals surface area contributed by atoms with E-state index in [9.17, 15) is 8.42 Å². The van der Waals surface area contributed by atoms with Crippen LogP contribution in [0.2, 0.25) is 0 Å². The van der Waals surface area contributed by atoms with Crippen LogP contribution in [0.1, 0.15) is 42.5 Å². The number of nitrogens with one attached hydrogen (secondary N) is 2. The van der Waals surface area contributed by atoms with Crippen molar-refractivity contribution in [2.75, 3.05) is 12.8 Å². The lowest BCUT2D eigenvalue weighted by molar-refractivity contribution is 0.398. The first-order chi connectivity index (χ1) is 10.5. The van der Waals surface area contributed by atoms with Crippen molar-refractivity contribution in [3.8, 4) is 0 Å². The van der Waals surface area contributed by atoms with Crippen LogP contribution >= 0.6 is 0 Å². The molecule has 1 aliphatic rings. The summed E-state index contributed by atoms with van der Waals surface area (Å²) in [6.45, 7) is 0.992. The molecule has 1 saturated heterocycles. The van der Waals surface area contributed by atoms with E-state index in [1.165, 1.54) is 19.1 Å². The molecule has 0 radical (unpaired) electrons. The average molecular weight is 320 g/mol. The van der Waals surface area contributed by atoms with E-state index in [-0.39, 0.29) is 6.04 Å². The minimum Gasteiger partial charge on any atom is -0.307 e. The van der Waals surface area contributed by atoms with Gasteiger partial charge in [0.2, 0.25) is 0 Å². The number of H-pyrrole nitrogens is 1. The topological polar surface area (TPSA) is 87.7 Å². The van der Waals surface area contributed by atoms with Crippen molar-refractivity contribution < 1.29 is 8.42 Å². The summed E-state index contributed by atoms with van der Waals surface area (Å²) in [7, 11) is -3.24. The number of aromatic amines is 1. The molecule has 0 bridgehead atoms. The summed E-state index contributed by atoms with van der Waals surface area (Å²) < 4.78 is 23.7. The van der Waals surface area contributed by atoms with Gasteiger partial charge in [-0.15, -0.1) is 0 Å². The van der Waals surface area contributed by atoms with Crippen LogP contribution in [0.3, 0.4) is 0 Å². The van der Waals surface area contributed by atoms with Gasteiger partial charge in [0.15, 0.2) is 15.7 Å². The molecule has 2 heterocycles. The van der Waals surface area contributed by atoms with Gasteiger partial charge in [-0.2, -0.15) is 5.10 Å².